The number of nitrogens with zero attached hydrogens (tertiary/aromatic N) is 2. The highest BCUT2D eigenvalue weighted by Crippen LogP contribution is 2.31. The maximum Gasteiger partial charge on any atom is 0.173 e. The van der Waals surface area contributed by atoms with Gasteiger partial charge in [0.15, 0.2) is 10.9 Å². The minimum absolute atomic E-state index is 0.396. The molecular formula is C13H16ClN3O. The second-order valence-corrected chi connectivity index (χ2v) is 4.97. The van der Waals surface area contributed by atoms with E-state index in [-0.39, 0.29) is 0 Å². The molecule has 0 radical (unpaired) electrons. The third-order valence-electron chi connectivity index (χ3n) is 3.30. The number of hydrogen-bond acceptors (Lipinski definition) is 3. The molecule has 1 aliphatic rings. The highest BCUT2D eigenvalue weighted by atomic mass is 35.5. The van der Waals surface area contributed by atoms with Crippen molar-refractivity contribution >= 4 is 22.6 Å². The van der Waals surface area contributed by atoms with Crippen molar-refractivity contribution in [2.24, 2.45) is 0 Å². The Labute approximate surface area is 111 Å². The molecule has 18 heavy (non-hydrogen) atoms. The summed E-state index contributed by atoms with van der Waals surface area (Å²) >= 11 is 6.16. The summed E-state index contributed by atoms with van der Waals surface area (Å²) in [5, 5.41) is 4.93. The molecular weight excluding hydrogens is 250 g/mol. The van der Waals surface area contributed by atoms with Crippen molar-refractivity contribution in [1.82, 2.24) is 14.9 Å². The second kappa shape index (κ2) is 4.44. The maximum absolute atomic E-state index is 6.16. The summed E-state index contributed by atoms with van der Waals surface area (Å²) in [5.41, 5.74) is 2.20. The monoisotopic (exact) mass is 265 g/mol. The third kappa shape index (κ3) is 1.76. The molecule has 1 aliphatic heterocycles. The summed E-state index contributed by atoms with van der Waals surface area (Å²) in [4.78, 5) is 4.49. The Bertz CT molecular complexity index is 593. The Morgan fingerprint density at radius 3 is 3.17 bits per heavy atom. The lowest BCUT2D eigenvalue weighted by atomic mass is 10.2. The lowest BCUT2D eigenvalue weighted by molar-refractivity contribution is 0.339. The van der Waals surface area contributed by atoms with E-state index in [4.69, 9.17) is 16.3 Å². The molecule has 0 fully saturated rings. The standard InChI is InChI=1S/C13H16ClN3O/c1-3-18-11-5-9-4-10-7-15-6-8(2)17(10)13(9)16-12(11)14/h4-5,8,15H,3,6-7H2,1-2H3. The summed E-state index contributed by atoms with van der Waals surface area (Å²) in [6.07, 6.45) is 0. The van der Waals surface area contributed by atoms with Crippen LogP contribution in [0.2, 0.25) is 5.15 Å². The SMILES string of the molecule is CCOc1cc2cc3n(c2nc1Cl)C(C)CNC3. The zero-order valence-corrected chi connectivity index (χ0v) is 11.3. The van der Waals surface area contributed by atoms with Gasteiger partial charge in [-0.25, -0.2) is 4.98 Å². The van der Waals surface area contributed by atoms with E-state index in [1.54, 1.807) is 0 Å². The molecule has 0 saturated carbocycles. The smallest absolute Gasteiger partial charge is 0.173 e. The van der Waals surface area contributed by atoms with Crippen molar-refractivity contribution in [3.63, 3.8) is 0 Å². The van der Waals surface area contributed by atoms with Gasteiger partial charge < -0.3 is 14.6 Å². The topological polar surface area (TPSA) is 39.1 Å². The van der Waals surface area contributed by atoms with Crippen LogP contribution < -0.4 is 10.1 Å². The number of nitrogens with one attached hydrogen (secondary N) is 1. The molecule has 5 heteroatoms. The zero-order chi connectivity index (χ0) is 12.7. The highest BCUT2D eigenvalue weighted by Gasteiger charge is 2.20. The number of rotatable bonds is 2. The average Bonchev–Trinajstić information content (AvgIpc) is 2.69. The van der Waals surface area contributed by atoms with Crippen LogP contribution in [-0.2, 0) is 6.54 Å². The van der Waals surface area contributed by atoms with Crippen LogP contribution in [0.3, 0.4) is 0 Å². The molecule has 96 valence electrons. The first-order valence-electron chi connectivity index (χ1n) is 6.24. The van der Waals surface area contributed by atoms with Gasteiger partial charge in [0.2, 0.25) is 0 Å². The fourth-order valence-corrected chi connectivity index (χ4v) is 2.74. The third-order valence-corrected chi connectivity index (χ3v) is 3.57. The van der Waals surface area contributed by atoms with Crippen LogP contribution in [0.15, 0.2) is 12.1 Å². The van der Waals surface area contributed by atoms with E-state index < -0.39 is 0 Å². The average molecular weight is 266 g/mol. The van der Waals surface area contributed by atoms with E-state index >= 15 is 0 Å². The predicted octanol–water partition coefficient (Wildman–Crippen LogP) is 2.75. The molecule has 0 bridgehead atoms. The van der Waals surface area contributed by atoms with Gasteiger partial charge in [-0.05, 0) is 26.0 Å². The lowest BCUT2D eigenvalue weighted by Gasteiger charge is -2.24. The summed E-state index contributed by atoms with van der Waals surface area (Å²) in [7, 11) is 0. The maximum atomic E-state index is 6.16. The van der Waals surface area contributed by atoms with Crippen molar-refractivity contribution in [2.45, 2.75) is 26.4 Å². The Kier molecular flexibility index (Phi) is 2.92. The molecule has 2 aromatic heterocycles. The summed E-state index contributed by atoms with van der Waals surface area (Å²) < 4.78 is 7.74. The molecule has 0 saturated heterocycles. The molecule has 3 rings (SSSR count). The van der Waals surface area contributed by atoms with Gasteiger partial charge in [-0.3, -0.25) is 0 Å². The van der Waals surface area contributed by atoms with Crippen LogP contribution in [0.4, 0.5) is 0 Å². The molecule has 1 N–H and O–H groups in total. The van der Waals surface area contributed by atoms with Crippen molar-refractivity contribution < 1.29 is 4.74 Å². The Hall–Kier alpha value is -1.26. The predicted molar refractivity (Wildman–Crippen MR) is 72.3 cm³/mol. The number of pyridine rings is 1. The first kappa shape index (κ1) is 11.8. The summed E-state index contributed by atoms with van der Waals surface area (Å²) in [5.74, 6) is 0.662. The van der Waals surface area contributed by atoms with Gasteiger partial charge in [0.25, 0.3) is 0 Å². The Morgan fingerprint density at radius 2 is 2.39 bits per heavy atom. The van der Waals surface area contributed by atoms with Crippen LogP contribution in [0.5, 0.6) is 5.75 Å². The molecule has 3 heterocycles. The molecule has 1 atom stereocenters. The molecule has 2 aromatic rings. The Morgan fingerprint density at radius 1 is 1.56 bits per heavy atom. The van der Waals surface area contributed by atoms with Crippen molar-refractivity contribution in [2.75, 3.05) is 13.2 Å². The minimum Gasteiger partial charge on any atom is -0.491 e. The molecule has 1 unspecified atom stereocenters. The quantitative estimate of drug-likeness (QED) is 0.849. The number of halogens is 1. The fraction of sp³-hybridized carbons (Fsp3) is 0.462. The van der Waals surface area contributed by atoms with E-state index in [9.17, 15) is 0 Å². The number of aromatic nitrogens is 2. The molecule has 0 spiro atoms. The normalized spacial score (nSPS) is 18.9. The largest absolute Gasteiger partial charge is 0.491 e. The van der Waals surface area contributed by atoms with E-state index in [0.717, 1.165) is 24.1 Å². The van der Waals surface area contributed by atoms with E-state index in [2.05, 4.69) is 27.9 Å². The molecule has 0 aliphatic carbocycles. The first-order valence-corrected chi connectivity index (χ1v) is 6.62. The number of ether oxygens (including phenoxy) is 1. The van der Waals surface area contributed by atoms with E-state index in [1.165, 1.54) is 5.69 Å². The van der Waals surface area contributed by atoms with Gasteiger partial charge >= 0.3 is 0 Å². The van der Waals surface area contributed by atoms with Crippen molar-refractivity contribution in [3.05, 3.63) is 23.0 Å². The first-order chi connectivity index (χ1) is 8.70. The van der Waals surface area contributed by atoms with Crippen LogP contribution in [0.25, 0.3) is 11.0 Å². The van der Waals surface area contributed by atoms with Gasteiger partial charge in [0, 0.05) is 30.2 Å². The van der Waals surface area contributed by atoms with Gasteiger partial charge in [0.05, 0.1) is 6.61 Å². The lowest BCUT2D eigenvalue weighted by Crippen LogP contribution is -2.31. The summed E-state index contributed by atoms with van der Waals surface area (Å²) in [6.45, 7) is 6.56. The van der Waals surface area contributed by atoms with Gasteiger partial charge in [0.1, 0.15) is 5.65 Å². The number of fused-ring (bicyclic) bond motifs is 3. The van der Waals surface area contributed by atoms with Crippen LogP contribution >= 0.6 is 11.6 Å². The number of hydrogen-bond donors (Lipinski definition) is 1. The van der Waals surface area contributed by atoms with Crippen LogP contribution in [0.1, 0.15) is 25.6 Å². The molecule has 0 amide bonds. The van der Waals surface area contributed by atoms with Crippen molar-refractivity contribution in [3.8, 4) is 5.75 Å². The summed E-state index contributed by atoms with van der Waals surface area (Å²) in [6, 6.07) is 4.53. The van der Waals surface area contributed by atoms with Crippen LogP contribution in [0, 0.1) is 0 Å². The fourth-order valence-electron chi connectivity index (χ4n) is 2.55. The molecule has 0 aromatic carbocycles. The van der Waals surface area contributed by atoms with E-state index in [0.29, 0.717) is 23.6 Å². The van der Waals surface area contributed by atoms with Gasteiger partial charge in [-0.15, -0.1) is 0 Å². The van der Waals surface area contributed by atoms with Gasteiger partial charge in [-0.2, -0.15) is 0 Å². The highest BCUT2D eigenvalue weighted by molar-refractivity contribution is 6.31. The second-order valence-electron chi connectivity index (χ2n) is 4.61. The van der Waals surface area contributed by atoms with Crippen molar-refractivity contribution in [1.29, 1.82) is 0 Å². The van der Waals surface area contributed by atoms with E-state index in [1.807, 2.05) is 13.0 Å². The minimum atomic E-state index is 0.396. The van der Waals surface area contributed by atoms with Crippen LogP contribution in [-0.4, -0.2) is 22.7 Å². The zero-order valence-electron chi connectivity index (χ0n) is 10.5. The van der Waals surface area contributed by atoms with Gasteiger partial charge in [-0.1, -0.05) is 11.6 Å². The molecule has 4 nitrogen and oxygen atoms in total. The Balaban J connectivity index is 2.20.